The summed E-state index contributed by atoms with van der Waals surface area (Å²) in [4.78, 5) is 25.4. The standard InChI is InChI=1S/C19H10ClF2N3O2/c20-14-8-4-7-13-15(14)25-17(27)18(13,12(9-23)10-24)19(21,22)16(26)11-5-2-1-3-6-11/h1-8,12H,(H,25,27)/t18-/m1/s1. The Morgan fingerprint density at radius 3 is 2.33 bits per heavy atom. The normalized spacial score (nSPS) is 18.4. The van der Waals surface area contributed by atoms with Gasteiger partial charge in [0, 0.05) is 11.1 Å². The van der Waals surface area contributed by atoms with Crippen molar-refractivity contribution in [1.29, 1.82) is 10.5 Å². The van der Waals surface area contributed by atoms with Crippen LogP contribution in [-0.4, -0.2) is 17.6 Å². The van der Waals surface area contributed by atoms with E-state index in [1.165, 1.54) is 54.6 Å². The van der Waals surface area contributed by atoms with Crippen LogP contribution in [0.5, 0.6) is 0 Å². The molecule has 0 radical (unpaired) electrons. The molecule has 1 heterocycles. The second-order valence-electron chi connectivity index (χ2n) is 5.89. The fraction of sp³-hybridized carbons (Fsp3) is 0.158. The summed E-state index contributed by atoms with van der Waals surface area (Å²) in [6.45, 7) is 0. The minimum Gasteiger partial charge on any atom is -0.323 e. The summed E-state index contributed by atoms with van der Waals surface area (Å²) in [5.74, 6) is -9.50. The van der Waals surface area contributed by atoms with E-state index in [1.54, 1.807) is 0 Å². The number of Topliss-reactive ketones (excluding diaryl/α,β-unsaturated/α-hetero) is 1. The number of hydrogen-bond donors (Lipinski definition) is 1. The highest BCUT2D eigenvalue weighted by atomic mass is 35.5. The van der Waals surface area contributed by atoms with Crippen LogP contribution in [0.1, 0.15) is 15.9 Å². The lowest BCUT2D eigenvalue weighted by atomic mass is 9.65. The summed E-state index contributed by atoms with van der Waals surface area (Å²) in [5, 5.41) is 20.9. The lowest BCUT2D eigenvalue weighted by molar-refractivity contribution is -0.134. The predicted molar refractivity (Wildman–Crippen MR) is 92.2 cm³/mol. The Morgan fingerprint density at radius 2 is 1.74 bits per heavy atom. The van der Waals surface area contributed by atoms with Crippen LogP contribution in [0.3, 0.4) is 0 Å². The molecular formula is C19H10ClF2N3O2. The first kappa shape index (κ1) is 18.5. The highest BCUT2D eigenvalue weighted by molar-refractivity contribution is 6.35. The molecule has 0 fully saturated rings. The van der Waals surface area contributed by atoms with Crippen LogP contribution in [0.15, 0.2) is 48.5 Å². The van der Waals surface area contributed by atoms with Crippen LogP contribution in [-0.2, 0) is 10.2 Å². The molecule has 0 aromatic heterocycles. The number of anilines is 1. The van der Waals surface area contributed by atoms with Gasteiger partial charge in [0.25, 0.3) is 0 Å². The van der Waals surface area contributed by atoms with Crippen molar-refractivity contribution in [2.24, 2.45) is 5.92 Å². The molecule has 134 valence electrons. The van der Waals surface area contributed by atoms with Crippen molar-refractivity contribution in [2.75, 3.05) is 5.32 Å². The highest BCUT2D eigenvalue weighted by Crippen LogP contribution is 2.54. The average molecular weight is 386 g/mol. The lowest BCUT2D eigenvalue weighted by Gasteiger charge is -2.35. The van der Waals surface area contributed by atoms with Crippen LogP contribution in [0, 0.1) is 28.6 Å². The molecule has 1 aliphatic heterocycles. The number of fused-ring (bicyclic) bond motifs is 1. The number of benzene rings is 2. The van der Waals surface area contributed by atoms with E-state index in [4.69, 9.17) is 11.6 Å². The molecule has 2 aromatic carbocycles. The number of carbonyl (C=O) groups is 2. The third-order valence-corrected chi connectivity index (χ3v) is 4.86. The van der Waals surface area contributed by atoms with E-state index in [0.717, 1.165) is 6.07 Å². The molecule has 1 amide bonds. The van der Waals surface area contributed by atoms with E-state index in [1.807, 2.05) is 0 Å². The smallest absolute Gasteiger partial charge is 0.323 e. The van der Waals surface area contributed by atoms with E-state index < -0.39 is 28.9 Å². The summed E-state index contributed by atoms with van der Waals surface area (Å²) >= 11 is 5.99. The van der Waals surface area contributed by atoms with Gasteiger partial charge in [0.1, 0.15) is 0 Å². The first-order chi connectivity index (χ1) is 12.8. The Kier molecular flexibility index (Phi) is 4.43. The number of nitriles is 2. The number of carbonyl (C=O) groups excluding carboxylic acids is 2. The van der Waals surface area contributed by atoms with Crippen LogP contribution < -0.4 is 5.32 Å². The first-order valence-electron chi connectivity index (χ1n) is 7.69. The van der Waals surface area contributed by atoms with Crippen LogP contribution in [0.25, 0.3) is 0 Å². The summed E-state index contributed by atoms with van der Waals surface area (Å²) in [7, 11) is 0. The van der Waals surface area contributed by atoms with Gasteiger partial charge < -0.3 is 5.32 Å². The number of alkyl halides is 2. The molecule has 1 N–H and O–H groups in total. The Balaban J connectivity index is 2.34. The number of halogens is 3. The Bertz CT molecular complexity index is 1010. The lowest BCUT2D eigenvalue weighted by Crippen LogP contribution is -2.58. The topological polar surface area (TPSA) is 93.8 Å². The Labute approximate surface area is 157 Å². The van der Waals surface area contributed by atoms with Crippen molar-refractivity contribution >= 4 is 29.0 Å². The Hall–Kier alpha value is -3.29. The second-order valence-corrected chi connectivity index (χ2v) is 6.29. The molecule has 1 atom stereocenters. The van der Waals surface area contributed by atoms with E-state index >= 15 is 8.78 Å². The molecule has 0 bridgehead atoms. The molecule has 3 rings (SSSR count). The van der Waals surface area contributed by atoms with Gasteiger partial charge in [-0.3, -0.25) is 9.59 Å². The maximum atomic E-state index is 15.6. The van der Waals surface area contributed by atoms with Gasteiger partial charge in [-0.05, 0) is 6.07 Å². The number of hydrogen-bond acceptors (Lipinski definition) is 4. The Morgan fingerprint density at radius 1 is 1.11 bits per heavy atom. The average Bonchev–Trinajstić information content (AvgIpc) is 2.98. The minimum absolute atomic E-state index is 0.0414. The summed E-state index contributed by atoms with van der Waals surface area (Å²) in [6, 6.07) is 13.4. The third-order valence-electron chi connectivity index (χ3n) is 4.54. The molecular weight excluding hydrogens is 376 g/mol. The minimum atomic E-state index is -4.38. The molecule has 5 nitrogen and oxygen atoms in total. The van der Waals surface area contributed by atoms with Crippen molar-refractivity contribution in [1.82, 2.24) is 0 Å². The molecule has 0 spiro atoms. The van der Waals surface area contributed by atoms with Gasteiger partial charge in [-0.15, -0.1) is 0 Å². The first-order valence-corrected chi connectivity index (χ1v) is 8.07. The number of rotatable bonds is 4. The van der Waals surface area contributed by atoms with E-state index in [-0.39, 0.29) is 21.8 Å². The van der Waals surface area contributed by atoms with Gasteiger partial charge in [0.2, 0.25) is 11.7 Å². The van der Waals surface area contributed by atoms with Crippen molar-refractivity contribution in [3.63, 3.8) is 0 Å². The molecule has 0 unspecified atom stereocenters. The van der Waals surface area contributed by atoms with E-state index in [2.05, 4.69) is 5.32 Å². The molecule has 27 heavy (non-hydrogen) atoms. The largest absolute Gasteiger partial charge is 0.330 e. The van der Waals surface area contributed by atoms with Gasteiger partial charge in [-0.25, -0.2) is 0 Å². The monoisotopic (exact) mass is 385 g/mol. The summed E-state index contributed by atoms with van der Waals surface area (Å²) in [6.07, 6.45) is 0. The SMILES string of the molecule is N#CC(C#N)[C@]1(C(F)(F)C(=O)c2ccccc2)C(=O)Nc2c(Cl)cccc21. The number of nitrogens with zero attached hydrogens (tertiary/aromatic N) is 2. The van der Waals surface area contributed by atoms with Crippen molar-refractivity contribution in [3.8, 4) is 12.1 Å². The zero-order valence-electron chi connectivity index (χ0n) is 13.5. The molecule has 2 aromatic rings. The predicted octanol–water partition coefficient (Wildman–Crippen LogP) is 3.71. The maximum Gasteiger partial charge on any atom is 0.330 e. The zero-order valence-corrected chi connectivity index (χ0v) is 14.3. The van der Waals surface area contributed by atoms with Gasteiger partial charge in [0.15, 0.2) is 11.3 Å². The molecule has 0 saturated carbocycles. The van der Waals surface area contributed by atoms with Crippen LogP contribution in [0.4, 0.5) is 14.5 Å². The van der Waals surface area contributed by atoms with Crippen molar-refractivity contribution in [2.45, 2.75) is 11.3 Å². The molecule has 1 aliphatic rings. The number of nitrogens with one attached hydrogen (secondary N) is 1. The molecule has 0 aliphatic carbocycles. The third kappa shape index (κ3) is 2.40. The summed E-state index contributed by atoms with van der Waals surface area (Å²) in [5.41, 5.74) is -3.87. The van der Waals surface area contributed by atoms with Crippen molar-refractivity contribution < 1.29 is 18.4 Å². The van der Waals surface area contributed by atoms with E-state index in [0.29, 0.717) is 0 Å². The van der Waals surface area contributed by atoms with E-state index in [9.17, 15) is 20.1 Å². The highest BCUT2D eigenvalue weighted by Gasteiger charge is 2.71. The molecule has 0 saturated heterocycles. The fourth-order valence-corrected chi connectivity index (χ4v) is 3.49. The quantitative estimate of drug-likeness (QED) is 0.812. The number of amides is 1. The second kappa shape index (κ2) is 6.46. The number of para-hydroxylation sites is 1. The number of ketones is 1. The maximum absolute atomic E-state index is 15.6. The zero-order chi connectivity index (χ0) is 19.8. The summed E-state index contributed by atoms with van der Waals surface area (Å²) < 4.78 is 31.2. The van der Waals surface area contributed by atoms with Gasteiger partial charge in [-0.1, -0.05) is 54.1 Å². The molecule has 8 heteroatoms. The van der Waals surface area contributed by atoms with Crippen LogP contribution in [0.2, 0.25) is 5.02 Å². The fourth-order valence-electron chi connectivity index (χ4n) is 3.27. The van der Waals surface area contributed by atoms with Gasteiger partial charge in [0.05, 0.1) is 22.8 Å². The van der Waals surface area contributed by atoms with Gasteiger partial charge in [-0.2, -0.15) is 19.3 Å². The van der Waals surface area contributed by atoms with Gasteiger partial charge >= 0.3 is 5.92 Å². The van der Waals surface area contributed by atoms with Crippen molar-refractivity contribution in [3.05, 3.63) is 64.7 Å². The van der Waals surface area contributed by atoms with Crippen LogP contribution >= 0.6 is 11.6 Å².